The van der Waals surface area contributed by atoms with Gasteiger partial charge in [0, 0.05) is 12.6 Å². The molecule has 0 saturated carbocycles. The molecule has 4 heteroatoms. The fraction of sp³-hybridized carbons (Fsp3) is 0.538. The van der Waals surface area contributed by atoms with Crippen LogP contribution in [0.1, 0.15) is 20.8 Å². The fourth-order valence-electron chi connectivity index (χ4n) is 1.40. The molecule has 1 atom stereocenters. The van der Waals surface area contributed by atoms with E-state index in [-0.39, 0.29) is 11.1 Å². The van der Waals surface area contributed by atoms with Gasteiger partial charge in [0.1, 0.15) is 17.7 Å². The minimum Gasteiger partial charge on any atom is -0.489 e. The van der Waals surface area contributed by atoms with Gasteiger partial charge in [0.25, 0.3) is 0 Å². The summed E-state index contributed by atoms with van der Waals surface area (Å²) in [5.41, 5.74) is 0. The number of rotatable bonds is 6. The quantitative estimate of drug-likeness (QED) is 0.844. The fourth-order valence-corrected chi connectivity index (χ4v) is 1.52. The number of hydrogen-bond acceptors (Lipinski definition) is 2. The summed E-state index contributed by atoms with van der Waals surface area (Å²) in [6, 6.07) is 4.48. The van der Waals surface area contributed by atoms with Crippen LogP contribution in [0.2, 0.25) is 5.02 Å². The van der Waals surface area contributed by atoms with Crippen molar-refractivity contribution in [3.05, 3.63) is 29.0 Å². The van der Waals surface area contributed by atoms with Crippen LogP contribution in [-0.4, -0.2) is 19.2 Å². The van der Waals surface area contributed by atoms with Gasteiger partial charge in [0.2, 0.25) is 0 Å². The van der Waals surface area contributed by atoms with Crippen LogP contribution in [-0.2, 0) is 0 Å². The van der Waals surface area contributed by atoms with Crippen LogP contribution in [0, 0.1) is 11.7 Å². The lowest BCUT2D eigenvalue weighted by molar-refractivity contribution is 0.215. The van der Waals surface area contributed by atoms with E-state index in [2.05, 4.69) is 19.2 Å². The van der Waals surface area contributed by atoms with E-state index < -0.39 is 5.82 Å². The summed E-state index contributed by atoms with van der Waals surface area (Å²) in [4.78, 5) is 0. The number of hydrogen-bond donors (Lipinski definition) is 1. The highest BCUT2D eigenvalue weighted by atomic mass is 35.5. The summed E-state index contributed by atoms with van der Waals surface area (Å²) in [5, 5.41) is 3.40. The predicted molar refractivity (Wildman–Crippen MR) is 69.2 cm³/mol. The molecule has 0 aliphatic heterocycles. The number of ether oxygens (including phenoxy) is 1. The summed E-state index contributed by atoms with van der Waals surface area (Å²) in [6.45, 7) is 7.92. The Bertz CT molecular complexity index is 357. The minimum absolute atomic E-state index is 0.00525. The molecule has 1 rings (SSSR count). The molecular weight excluding hydrogens is 241 g/mol. The summed E-state index contributed by atoms with van der Waals surface area (Å²) >= 11 is 5.59. The molecule has 0 aromatic heterocycles. The maximum absolute atomic E-state index is 13.2. The summed E-state index contributed by atoms with van der Waals surface area (Å²) in [5.74, 6) is 0.660. The van der Waals surface area contributed by atoms with Crippen molar-refractivity contribution in [2.45, 2.75) is 26.9 Å². The van der Waals surface area contributed by atoms with Gasteiger partial charge in [-0.25, -0.2) is 4.39 Å². The molecule has 0 bridgehead atoms. The maximum Gasteiger partial charge on any atom is 0.145 e. The SMILES string of the molecule is CC(C)CNCC(C)Oc1ccc(Cl)c(F)c1. The van der Waals surface area contributed by atoms with Crippen molar-refractivity contribution in [3.63, 3.8) is 0 Å². The number of halogens is 2. The summed E-state index contributed by atoms with van der Waals surface area (Å²) < 4.78 is 18.7. The van der Waals surface area contributed by atoms with Crippen molar-refractivity contribution < 1.29 is 9.13 Å². The molecule has 2 nitrogen and oxygen atoms in total. The maximum atomic E-state index is 13.2. The molecule has 1 aromatic carbocycles. The second-order valence-electron chi connectivity index (χ2n) is 4.56. The van der Waals surface area contributed by atoms with Crippen LogP contribution >= 0.6 is 11.6 Å². The Morgan fingerprint density at radius 1 is 1.29 bits per heavy atom. The van der Waals surface area contributed by atoms with E-state index in [1.165, 1.54) is 12.1 Å². The monoisotopic (exact) mass is 259 g/mol. The van der Waals surface area contributed by atoms with Gasteiger partial charge in [-0.15, -0.1) is 0 Å². The van der Waals surface area contributed by atoms with Crippen molar-refractivity contribution >= 4 is 11.6 Å². The third-order valence-corrected chi connectivity index (χ3v) is 2.52. The normalized spacial score (nSPS) is 12.8. The number of benzene rings is 1. The van der Waals surface area contributed by atoms with Crippen LogP contribution in [0.4, 0.5) is 4.39 Å². The molecule has 1 N–H and O–H groups in total. The van der Waals surface area contributed by atoms with Crippen molar-refractivity contribution in [1.82, 2.24) is 5.32 Å². The third-order valence-electron chi connectivity index (χ3n) is 2.21. The molecule has 0 saturated heterocycles. The van der Waals surface area contributed by atoms with Gasteiger partial charge < -0.3 is 10.1 Å². The van der Waals surface area contributed by atoms with Gasteiger partial charge in [0.05, 0.1) is 5.02 Å². The number of nitrogens with one attached hydrogen (secondary N) is 1. The highest BCUT2D eigenvalue weighted by Crippen LogP contribution is 2.21. The Hall–Kier alpha value is -0.800. The molecule has 1 aromatic rings. The molecule has 0 amide bonds. The van der Waals surface area contributed by atoms with Gasteiger partial charge in [-0.2, -0.15) is 0 Å². The highest BCUT2D eigenvalue weighted by molar-refractivity contribution is 6.30. The van der Waals surface area contributed by atoms with E-state index >= 15 is 0 Å². The van der Waals surface area contributed by atoms with Crippen LogP contribution < -0.4 is 10.1 Å². The van der Waals surface area contributed by atoms with E-state index in [1.54, 1.807) is 6.07 Å². The van der Waals surface area contributed by atoms with E-state index in [0.717, 1.165) is 13.1 Å². The molecule has 0 fully saturated rings. The Labute approximate surface area is 107 Å². The smallest absolute Gasteiger partial charge is 0.145 e. The van der Waals surface area contributed by atoms with Crippen LogP contribution in [0.25, 0.3) is 0 Å². The Balaban J connectivity index is 2.39. The lowest BCUT2D eigenvalue weighted by Gasteiger charge is -2.16. The molecule has 1 unspecified atom stereocenters. The van der Waals surface area contributed by atoms with Crippen molar-refractivity contribution in [2.24, 2.45) is 5.92 Å². The Morgan fingerprint density at radius 2 is 2.00 bits per heavy atom. The summed E-state index contributed by atoms with van der Waals surface area (Å²) in [7, 11) is 0. The van der Waals surface area contributed by atoms with Crippen molar-refractivity contribution in [2.75, 3.05) is 13.1 Å². The van der Waals surface area contributed by atoms with Crippen molar-refractivity contribution in [1.29, 1.82) is 0 Å². The topological polar surface area (TPSA) is 21.3 Å². The Morgan fingerprint density at radius 3 is 2.59 bits per heavy atom. The predicted octanol–water partition coefficient (Wildman–Crippen LogP) is 3.49. The Kier molecular flexibility index (Phi) is 5.72. The minimum atomic E-state index is -0.452. The average Bonchev–Trinajstić information content (AvgIpc) is 2.23. The van der Waals surface area contributed by atoms with E-state index in [9.17, 15) is 4.39 Å². The summed E-state index contributed by atoms with van der Waals surface area (Å²) in [6.07, 6.45) is -0.00525. The first-order valence-electron chi connectivity index (χ1n) is 5.81. The van der Waals surface area contributed by atoms with Gasteiger partial charge >= 0.3 is 0 Å². The van der Waals surface area contributed by atoms with Crippen LogP contribution in [0.3, 0.4) is 0 Å². The molecule has 0 aliphatic carbocycles. The van der Waals surface area contributed by atoms with Crippen LogP contribution in [0.15, 0.2) is 18.2 Å². The zero-order valence-electron chi connectivity index (χ0n) is 10.5. The molecule has 0 heterocycles. The highest BCUT2D eigenvalue weighted by Gasteiger charge is 2.06. The lowest BCUT2D eigenvalue weighted by atomic mass is 10.2. The van der Waals surface area contributed by atoms with E-state index in [1.807, 2.05) is 6.92 Å². The second kappa shape index (κ2) is 6.82. The first kappa shape index (κ1) is 14.3. The van der Waals surface area contributed by atoms with Crippen molar-refractivity contribution in [3.8, 4) is 5.75 Å². The average molecular weight is 260 g/mol. The van der Waals surface area contributed by atoms with Gasteiger partial charge in [-0.05, 0) is 31.5 Å². The standard InChI is InChI=1S/C13H19ClFNO/c1-9(2)7-16-8-10(3)17-11-4-5-12(14)13(15)6-11/h4-6,9-10,16H,7-8H2,1-3H3. The van der Waals surface area contributed by atoms with E-state index in [4.69, 9.17) is 16.3 Å². The molecular formula is C13H19ClFNO. The molecule has 17 heavy (non-hydrogen) atoms. The molecule has 0 spiro atoms. The van der Waals surface area contributed by atoms with Gasteiger partial charge in [-0.1, -0.05) is 25.4 Å². The van der Waals surface area contributed by atoms with E-state index in [0.29, 0.717) is 11.7 Å². The lowest BCUT2D eigenvalue weighted by Crippen LogP contribution is -2.31. The first-order chi connectivity index (χ1) is 7.99. The zero-order chi connectivity index (χ0) is 12.8. The molecule has 0 radical (unpaired) electrons. The van der Waals surface area contributed by atoms with Crippen LogP contribution in [0.5, 0.6) is 5.75 Å². The molecule has 96 valence electrons. The first-order valence-corrected chi connectivity index (χ1v) is 6.19. The second-order valence-corrected chi connectivity index (χ2v) is 4.96. The zero-order valence-corrected chi connectivity index (χ0v) is 11.2. The molecule has 0 aliphatic rings. The van der Waals surface area contributed by atoms with Gasteiger partial charge in [0.15, 0.2) is 0 Å². The largest absolute Gasteiger partial charge is 0.489 e. The third kappa shape index (κ3) is 5.37. The van der Waals surface area contributed by atoms with Gasteiger partial charge in [-0.3, -0.25) is 0 Å².